The van der Waals surface area contributed by atoms with E-state index in [1.165, 1.54) is 44.9 Å². The standard InChI is InChI=1S/C23H44O11S.Na/c1-2-3-4-5-6-7-8-9-10-11-12-13-19(25)32-14-17(24)15-33-23-22(28)21(27)20(26)18(34-23)16-35(29,30)31;/h17-18,20-24,26-28H,2-16H2,1H3,(H,29,30,31);/q;+1/p-1/t17?,18?,20-,21?,22?,23+;/m1./s1. The van der Waals surface area contributed by atoms with Crippen LogP contribution in [0.2, 0.25) is 0 Å². The van der Waals surface area contributed by atoms with Gasteiger partial charge in [-0.3, -0.25) is 4.79 Å². The fourth-order valence-electron chi connectivity index (χ4n) is 3.84. The van der Waals surface area contributed by atoms with E-state index in [9.17, 15) is 38.2 Å². The third kappa shape index (κ3) is 16.2. The van der Waals surface area contributed by atoms with Gasteiger partial charge in [0.1, 0.15) is 37.1 Å². The second-order valence-corrected chi connectivity index (χ2v) is 10.6. The topological polar surface area (TPSA) is 183 Å². The number of unbranched alkanes of at least 4 members (excludes halogenated alkanes) is 10. The van der Waals surface area contributed by atoms with Gasteiger partial charge in [0.25, 0.3) is 0 Å². The number of esters is 1. The Morgan fingerprint density at radius 1 is 0.889 bits per heavy atom. The Bertz CT molecular complexity index is 679. The number of hydrogen-bond acceptors (Lipinski definition) is 11. The molecule has 4 unspecified atom stereocenters. The SMILES string of the molecule is CCCCCCCCCCCCCC(=O)OCC(O)CO[C@H]1OC(CS(=O)(=O)[O-])[C@@H](O)C(O)C1O.[Na+]. The van der Waals surface area contributed by atoms with Gasteiger partial charge in [-0.1, -0.05) is 71.1 Å². The number of carbonyl (C=O) groups excluding carboxylic acids is 1. The number of rotatable bonds is 19. The van der Waals surface area contributed by atoms with Crippen LogP contribution in [0.3, 0.4) is 0 Å². The molecule has 0 saturated carbocycles. The molecular formula is C23H43NaO11S. The van der Waals surface area contributed by atoms with Crippen molar-refractivity contribution in [2.45, 2.75) is 121 Å². The summed E-state index contributed by atoms with van der Waals surface area (Å²) in [7, 11) is -4.78. The minimum Gasteiger partial charge on any atom is -0.748 e. The third-order valence-corrected chi connectivity index (χ3v) is 6.65. The zero-order valence-electron chi connectivity index (χ0n) is 21.6. The first kappa shape index (κ1) is 36.1. The fourth-order valence-corrected chi connectivity index (χ4v) is 4.52. The molecule has 0 bridgehead atoms. The normalized spacial score (nSPS) is 25.2. The molecule has 4 N–H and O–H groups in total. The van der Waals surface area contributed by atoms with Crippen LogP contribution in [-0.4, -0.2) is 95.1 Å². The van der Waals surface area contributed by atoms with Crippen LogP contribution in [0.15, 0.2) is 0 Å². The predicted molar refractivity (Wildman–Crippen MR) is 125 cm³/mol. The van der Waals surface area contributed by atoms with Crippen LogP contribution in [0.1, 0.15) is 84.0 Å². The van der Waals surface area contributed by atoms with Gasteiger partial charge in [-0.2, -0.15) is 0 Å². The van der Waals surface area contributed by atoms with Crippen LogP contribution >= 0.6 is 0 Å². The maximum absolute atomic E-state index is 11.8. The Kier molecular flexibility index (Phi) is 20.2. The number of ether oxygens (including phenoxy) is 3. The van der Waals surface area contributed by atoms with Gasteiger partial charge in [0.15, 0.2) is 6.29 Å². The molecule has 208 valence electrons. The molecule has 0 aromatic rings. The van der Waals surface area contributed by atoms with E-state index < -0.39 is 65.3 Å². The quantitative estimate of drug-likeness (QED) is 0.0602. The van der Waals surface area contributed by atoms with E-state index in [1.807, 2.05) is 0 Å². The van der Waals surface area contributed by atoms with E-state index in [1.54, 1.807) is 0 Å². The summed E-state index contributed by atoms with van der Waals surface area (Å²) in [6.45, 7) is 1.38. The maximum atomic E-state index is 11.8. The Labute approximate surface area is 236 Å². The molecule has 0 aliphatic carbocycles. The third-order valence-electron chi connectivity index (χ3n) is 5.91. The van der Waals surface area contributed by atoms with Gasteiger partial charge >= 0.3 is 35.5 Å². The largest absolute Gasteiger partial charge is 1.00 e. The molecule has 1 fully saturated rings. The number of hydrogen-bond donors (Lipinski definition) is 4. The number of carbonyl (C=O) groups is 1. The minimum atomic E-state index is -4.78. The fraction of sp³-hybridized carbons (Fsp3) is 0.957. The van der Waals surface area contributed by atoms with Gasteiger partial charge in [-0.05, 0) is 6.42 Å². The van der Waals surface area contributed by atoms with E-state index in [-0.39, 0.29) is 42.6 Å². The Morgan fingerprint density at radius 2 is 1.42 bits per heavy atom. The van der Waals surface area contributed by atoms with E-state index in [0.29, 0.717) is 6.42 Å². The minimum absolute atomic E-state index is 0. The summed E-state index contributed by atoms with van der Waals surface area (Å²) < 4.78 is 48.0. The zero-order chi connectivity index (χ0) is 26.3. The first-order valence-corrected chi connectivity index (χ1v) is 14.2. The van der Waals surface area contributed by atoms with Gasteiger partial charge in [0, 0.05) is 6.42 Å². The van der Waals surface area contributed by atoms with E-state index in [0.717, 1.165) is 19.3 Å². The summed E-state index contributed by atoms with van der Waals surface area (Å²) in [5, 5.41) is 39.5. The molecule has 6 atom stereocenters. The van der Waals surface area contributed by atoms with Crippen molar-refractivity contribution in [1.82, 2.24) is 0 Å². The number of aliphatic hydroxyl groups is 4. The first-order valence-electron chi connectivity index (χ1n) is 12.6. The van der Waals surface area contributed by atoms with Crippen molar-refractivity contribution in [3.05, 3.63) is 0 Å². The summed E-state index contributed by atoms with van der Waals surface area (Å²) in [5.74, 6) is -1.58. The van der Waals surface area contributed by atoms with Crippen molar-refractivity contribution in [2.24, 2.45) is 0 Å². The molecule has 0 aromatic carbocycles. The van der Waals surface area contributed by atoms with Crippen LogP contribution < -0.4 is 29.6 Å². The van der Waals surface area contributed by atoms with Gasteiger partial charge < -0.3 is 39.2 Å². The predicted octanol–water partition coefficient (Wildman–Crippen LogP) is -2.03. The summed E-state index contributed by atoms with van der Waals surface area (Å²) in [6.07, 6.45) is 3.20. The molecule has 0 radical (unpaired) electrons. The van der Waals surface area contributed by atoms with Crippen molar-refractivity contribution >= 4 is 16.1 Å². The van der Waals surface area contributed by atoms with Crippen LogP contribution in [0.5, 0.6) is 0 Å². The molecular weight excluding hydrogens is 507 g/mol. The second-order valence-electron chi connectivity index (χ2n) is 9.19. The smallest absolute Gasteiger partial charge is 0.748 e. The van der Waals surface area contributed by atoms with Crippen LogP contribution in [0, 0.1) is 0 Å². The summed E-state index contributed by atoms with van der Waals surface area (Å²) in [4.78, 5) is 11.8. The van der Waals surface area contributed by atoms with Gasteiger partial charge in [0.2, 0.25) is 0 Å². The molecule has 1 heterocycles. The molecule has 11 nitrogen and oxygen atoms in total. The average molecular weight is 551 g/mol. The monoisotopic (exact) mass is 550 g/mol. The summed E-state index contributed by atoms with van der Waals surface area (Å²) >= 11 is 0. The second kappa shape index (κ2) is 20.1. The molecule has 0 spiro atoms. The van der Waals surface area contributed by atoms with Gasteiger partial charge in [0.05, 0.1) is 22.5 Å². The van der Waals surface area contributed by atoms with Crippen molar-refractivity contribution in [3.63, 3.8) is 0 Å². The molecule has 36 heavy (non-hydrogen) atoms. The molecule has 0 aromatic heterocycles. The molecule has 1 aliphatic rings. The van der Waals surface area contributed by atoms with Crippen LogP contribution in [-0.2, 0) is 29.1 Å². The van der Waals surface area contributed by atoms with Crippen molar-refractivity contribution in [1.29, 1.82) is 0 Å². The van der Waals surface area contributed by atoms with E-state index in [2.05, 4.69) is 6.92 Å². The van der Waals surface area contributed by atoms with Crippen LogP contribution in [0.25, 0.3) is 0 Å². The summed E-state index contributed by atoms with van der Waals surface area (Å²) in [5.41, 5.74) is 0. The van der Waals surface area contributed by atoms with E-state index in [4.69, 9.17) is 14.2 Å². The first-order chi connectivity index (χ1) is 16.5. The molecule has 13 heteroatoms. The van der Waals surface area contributed by atoms with Crippen molar-refractivity contribution in [3.8, 4) is 0 Å². The van der Waals surface area contributed by atoms with E-state index >= 15 is 0 Å². The Hall–Kier alpha value is 0.140. The van der Waals surface area contributed by atoms with Gasteiger partial charge in [-0.25, -0.2) is 8.42 Å². The summed E-state index contributed by atoms with van der Waals surface area (Å²) in [6, 6.07) is 0. The van der Waals surface area contributed by atoms with Crippen molar-refractivity contribution in [2.75, 3.05) is 19.0 Å². The number of aliphatic hydroxyl groups excluding tert-OH is 4. The molecule has 1 aliphatic heterocycles. The zero-order valence-corrected chi connectivity index (χ0v) is 24.4. The van der Waals surface area contributed by atoms with Crippen LogP contribution in [0.4, 0.5) is 0 Å². The maximum Gasteiger partial charge on any atom is 1.00 e. The molecule has 1 rings (SSSR count). The molecule has 1 saturated heterocycles. The average Bonchev–Trinajstić information content (AvgIpc) is 2.80. The Morgan fingerprint density at radius 3 is 1.94 bits per heavy atom. The van der Waals surface area contributed by atoms with Gasteiger partial charge in [-0.15, -0.1) is 0 Å². The Balaban J connectivity index is 0.0000122. The molecule has 0 amide bonds. The van der Waals surface area contributed by atoms with Crippen molar-refractivity contribution < 1.29 is 82.0 Å².